The standard InChI is InChI=1S/C15H27N5/c1-5-14-11-20(7-6-19(14)4)15-10-17-13(9-18-15)8-16-12(2)3/h9-10,12,14,16H,5-8,11H2,1-4H3. The third-order valence-electron chi connectivity index (χ3n) is 3.96. The van der Waals surface area contributed by atoms with Crippen molar-refractivity contribution in [1.29, 1.82) is 0 Å². The number of piperazine rings is 1. The van der Waals surface area contributed by atoms with Gasteiger partial charge in [-0.15, -0.1) is 0 Å². The van der Waals surface area contributed by atoms with E-state index in [2.05, 4.69) is 52.9 Å². The van der Waals surface area contributed by atoms with E-state index >= 15 is 0 Å². The summed E-state index contributed by atoms with van der Waals surface area (Å²) in [5.74, 6) is 1.00. The Hall–Kier alpha value is -1.20. The van der Waals surface area contributed by atoms with Crippen molar-refractivity contribution in [2.75, 3.05) is 31.6 Å². The van der Waals surface area contributed by atoms with Gasteiger partial charge >= 0.3 is 0 Å². The zero-order valence-corrected chi connectivity index (χ0v) is 13.1. The molecule has 2 heterocycles. The number of rotatable bonds is 5. The van der Waals surface area contributed by atoms with Crippen LogP contribution in [0.15, 0.2) is 12.4 Å². The van der Waals surface area contributed by atoms with Gasteiger partial charge in [-0.1, -0.05) is 20.8 Å². The van der Waals surface area contributed by atoms with Crippen LogP contribution in [0.2, 0.25) is 0 Å². The molecule has 1 unspecified atom stereocenters. The molecule has 0 saturated carbocycles. The van der Waals surface area contributed by atoms with Crippen LogP contribution < -0.4 is 10.2 Å². The highest BCUT2D eigenvalue weighted by atomic mass is 15.3. The summed E-state index contributed by atoms with van der Waals surface area (Å²) in [6.07, 6.45) is 4.98. The third-order valence-corrected chi connectivity index (χ3v) is 3.96. The van der Waals surface area contributed by atoms with Crippen LogP contribution in [0.3, 0.4) is 0 Å². The van der Waals surface area contributed by atoms with Crippen LogP contribution in [0.1, 0.15) is 32.9 Å². The lowest BCUT2D eigenvalue weighted by Gasteiger charge is -2.39. The van der Waals surface area contributed by atoms with Gasteiger partial charge in [-0.3, -0.25) is 9.88 Å². The minimum Gasteiger partial charge on any atom is -0.352 e. The molecule has 2 rings (SSSR count). The van der Waals surface area contributed by atoms with Crippen LogP contribution in [-0.2, 0) is 6.54 Å². The van der Waals surface area contributed by atoms with E-state index in [4.69, 9.17) is 0 Å². The van der Waals surface area contributed by atoms with Crippen LogP contribution in [0, 0.1) is 0 Å². The van der Waals surface area contributed by atoms with Crippen molar-refractivity contribution in [3.63, 3.8) is 0 Å². The van der Waals surface area contributed by atoms with Gasteiger partial charge in [-0.25, -0.2) is 4.98 Å². The number of nitrogens with one attached hydrogen (secondary N) is 1. The molecule has 0 amide bonds. The first-order chi connectivity index (χ1) is 9.60. The van der Waals surface area contributed by atoms with Gasteiger partial charge in [0.05, 0.1) is 18.1 Å². The molecule has 1 aromatic rings. The fourth-order valence-electron chi connectivity index (χ4n) is 2.51. The summed E-state index contributed by atoms with van der Waals surface area (Å²) in [6, 6.07) is 1.09. The SMILES string of the molecule is CCC1CN(c2cnc(CNC(C)C)cn2)CCN1C. The van der Waals surface area contributed by atoms with Crippen molar-refractivity contribution >= 4 is 5.82 Å². The van der Waals surface area contributed by atoms with Crippen molar-refractivity contribution in [1.82, 2.24) is 20.2 Å². The van der Waals surface area contributed by atoms with Gasteiger partial charge in [-0.2, -0.15) is 0 Å². The zero-order valence-electron chi connectivity index (χ0n) is 13.1. The molecule has 1 aliphatic rings. The van der Waals surface area contributed by atoms with E-state index < -0.39 is 0 Å². The molecule has 5 nitrogen and oxygen atoms in total. The highest BCUT2D eigenvalue weighted by Crippen LogP contribution is 2.16. The minimum absolute atomic E-state index is 0.472. The predicted octanol–water partition coefficient (Wildman–Crippen LogP) is 1.50. The second-order valence-corrected chi connectivity index (χ2v) is 5.89. The molecule has 0 aliphatic carbocycles. The Labute approximate surface area is 122 Å². The monoisotopic (exact) mass is 277 g/mol. The fraction of sp³-hybridized carbons (Fsp3) is 0.733. The van der Waals surface area contributed by atoms with E-state index in [0.717, 1.165) is 37.7 Å². The first-order valence-electron chi connectivity index (χ1n) is 7.59. The Morgan fingerprint density at radius 3 is 2.70 bits per heavy atom. The summed E-state index contributed by atoms with van der Waals surface area (Å²) in [7, 11) is 2.21. The summed E-state index contributed by atoms with van der Waals surface area (Å²) in [6.45, 7) is 10.5. The molecular formula is C15H27N5. The van der Waals surface area contributed by atoms with Crippen LogP contribution in [0.4, 0.5) is 5.82 Å². The first kappa shape index (κ1) is 15.2. The van der Waals surface area contributed by atoms with Gasteiger partial charge in [0.2, 0.25) is 0 Å². The van der Waals surface area contributed by atoms with Gasteiger partial charge < -0.3 is 10.2 Å². The second kappa shape index (κ2) is 6.99. The Bertz CT molecular complexity index is 403. The van der Waals surface area contributed by atoms with Crippen molar-refractivity contribution in [2.45, 2.75) is 45.8 Å². The maximum atomic E-state index is 4.58. The third kappa shape index (κ3) is 3.90. The highest BCUT2D eigenvalue weighted by Gasteiger charge is 2.23. The Balaban J connectivity index is 1.96. The van der Waals surface area contributed by atoms with E-state index in [-0.39, 0.29) is 0 Å². The molecule has 5 heteroatoms. The van der Waals surface area contributed by atoms with Crippen molar-refractivity contribution in [3.05, 3.63) is 18.1 Å². The van der Waals surface area contributed by atoms with Gasteiger partial charge in [0.15, 0.2) is 0 Å². The lowest BCUT2D eigenvalue weighted by atomic mass is 10.1. The quantitative estimate of drug-likeness (QED) is 0.884. The number of nitrogens with zero attached hydrogens (tertiary/aromatic N) is 4. The molecule has 1 aliphatic heterocycles. The Morgan fingerprint density at radius 2 is 2.10 bits per heavy atom. The average Bonchev–Trinajstić information content (AvgIpc) is 2.46. The normalized spacial score (nSPS) is 20.6. The molecule has 1 atom stereocenters. The van der Waals surface area contributed by atoms with E-state index in [9.17, 15) is 0 Å². The van der Waals surface area contributed by atoms with Gasteiger partial charge in [0.25, 0.3) is 0 Å². The second-order valence-electron chi connectivity index (χ2n) is 5.89. The van der Waals surface area contributed by atoms with E-state index in [1.165, 1.54) is 6.42 Å². The lowest BCUT2D eigenvalue weighted by molar-refractivity contribution is 0.213. The van der Waals surface area contributed by atoms with Gasteiger partial charge in [0, 0.05) is 38.3 Å². The Kier molecular flexibility index (Phi) is 5.31. The summed E-state index contributed by atoms with van der Waals surface area (Å²) in [4.78, 5) is 13.9. The minimum atomic E-state index is 0.472. The smallest absolute Gasteiger partial charge is 0.147 e. The van der Waals surface area contributed by atoms with E-state index in [0.29, 0.717) is 12.1 Å². The molecule has 1 fully saturated rings. The maximum absolute atomic E-state index is 4.58. The van der Waals surface area contributed by atoms with Crippen LogP contribution in [0.25, 0.3) is 0 Å². The fourth-order valence-corrected chi connectivity index (χ4v) is 2.51. The van der Waals surface area contributed by atoms with Crippen molar-refractivity contribution < 1.29 is 0 Å². The largest absolute Gasteiger partial charge is 0.352 e. The maximum Gasteiger partial charge on any atom is 0.147 e. The van der Waals surface area contributed by atoms with Gasteiger partial charge in [-0.05, 0) is 13.5 Å². The summed E-state index contributed by atoms with van der Waals surface area (Å²) in [5, 5.41) is 3.36. The van der Waals surface area contributed by atoms with Crippen LogP contribution in [-0.4, -0.2) is 53.6 Å². The molecule has 1 aromatic heterocycles. The molecular weight excluding hydrogens is 250 g/mol. The highest BCUT2D eigenvalue weighted by molar-refractivity contribution is 5.37. The predicted molar refractivity (Wildman–Crippen MR) is 82.9 cm³/mol. The zero-order chi connectivity index (χ0) is 14.5. The summed E-state index contributed by atoms with van der Waals surface area (Å²) < 4.78 is 0. The molecule has 1 N–H and O–H groups in total. The van der Waals surface area contributed by atoms with Crippen LogP contribution in [0.5, 0.6) is 0 Å². The first-order valence-corrected chi connectivity index (χ1v) is 7.59. The van der Waals surface area contributed by atoms with Crippen molar-refractivity contribution in [3.8, 4) is 0 Å². The van der Waals surface area contributed by atoms with Crippen LogP contribution >= 0.6 is 0 Å². The number of anilines is 1. The van der Waals surface area contributed by atoms with E-state index in [1.54, 1.807) is 0 Å². The van der Waals surface area contributed by atoms with Gasteiger partial charge in [0.1, 0.15) is 5.82 Å². The number of likely N-dealkylation sites (N-methyl/N-ethyl adjacent to an activating group) is 1. The molecule has 0 radical (unpaired) electrons. The molecule has 1 saturated heterocycles. The summed E-state index contributed by atoms with van der Waals surface area (Å²) in [5.41, 5.74) is 1.00. The average molecular weight is 277 g/mol. The van der Waals surface area contributed by atoms with Crippen molar-refractivity contribution in [2.24, 2.45) is 0 Å². The molecule has 20 heavy (non-hydrogen) atoms. The Morgan fingerprint density at radius 1 is 1.30 bits per heavy atom. The topological polar surface area (TPSA) is 44.3 Å². The molecule has 0 spiro atoms. The number of hydrogen-bond donors (Lipinski definition) is 1. The number of hydrogen-bond acceptors (Lipinski definition) is 5. The molecule has 0 bridgehead atoms. The molecule has 112 valence electrons. The van der Waals surface area contributed by atoms with E-state index in [1.807, 2.05) is 12.4 Å². The lowest BCUT2D eigenvalue weighted by Crippen LogP contribution is -2.51. The summed E-state index contributed by atoms with van der Waals surface area (Å²) >= 11 is 0. The molecule has 0 aromatic carbocycles. The number of aromatic nitrogens is 2.